The van der Waals surface area contributed by atoms with Gasteiger partial charge < -0.3 is 10.2 Å². The summed E-state index contributed by atoms with van der Waals surface area (Å²) in [6.07, 6.45) is -0.494. The molecule has 0 bridgehead atoms. The Balaban J connectivity index is 3.06. The highest BCUT2D eigenvalue weighted by Crippen LogP contribution is 2.29. The first-order chi connectivity index (χ1) is 7.43. The van der Waals surface area contributed by atoms with E-state index in [0.717, 1.165) is 5.56 Å². The maximum absolute atomic E-state index is 11.4. The van der Waals surface area contributed by atoms with Crippen molar-refractivity contribution in [2.45, 2.75) is 19.3 Å². The Labute approximate surface area is 95.3 Å². The van der Waals surface area contributed by atoms with E-state index in [1.807, 2.05) is 0 Å². The van der Waals surface area contributed by atoms with Crippen molar-refractivity contribution < 1.29 is 24.6 Å². The third kappa shape index (κ3) is 2.66. The average Bonchev–Trinajstić information content (AvgIpc) is 2.59. The number of aliphatic carboxylic acids is 2. The predicted octanol–water partition coefficient (Wildman–Crippen LogP) is 1.27. The van der Waals surface area contributed by atoms with Crippen LogP contribution in [0.4, 0.5) is 0 Å². The largest absolute Gasteiger partial charge is 0.481 e. The molecule has 0 saturated heterocycles. The van der Waals surface area contributed by atoms with Crippen molar-refractivity contribution in [1.82, 2.24) is 0 Å². The summed E-state index contributed by atoms with van der Waals surface area (Å²) in [4.78, 5) is 33.1. The van der Waals surface area contributed by atoms with Crippen molar-refractivity contribution in [3.63, 3.8) is 0 Å². The highest BCUT2D eigenvalue weighted by molar-refractivity contribution is 7.10. The molecule has 0 saturated carbocycles. The third-order valence-corrected chi connectivity index (χ3v) is 3.26. The quantitative estimate of drug-likeness (QED) is 0.758. The summed E-state index contributed by atoms with van der Waals surface area (Å²) in [5.74, 6) is -4.95. The number of hydrogen-bond acceptors (Lipinski definition) is 4. The fraction of sp³-hybridized carbons (Fsp3) is 0.300. The van der Waals surface area contributed by atoms with Gasteiger partial charge >= 0.3 is 11.9 Å². The van der Waals surface area contributed by atoms with E-state index in [2.05, 4.69) is 0 Å². The van der Waals surface area contributed by atoms with Crippen LogP contribution < -0.4 is 0 Å². The fourth-order valence-electron chi connectivity index (χ4n) is 1.37. The molecule has 1 atom stereocenters. The molecule has 86 valence electrons. The molecule has 0 aliphatic heterocycles. The average molecular weight is 242 g/mol. The van der Waals surface area contributed by atoms with Crippen molar-refractivity contribution in [3.8, 4) is 0 Å². The summed E-state index contributed by atoms with van der Waals surface area (Å²) in [7, 11) is 0. The highest BCUT2D eigenvalue weighted by atomic mass is 32.1. The zero-order valence-electron chi connectivity index (χ0n) is 8.47. The standard InChI is InChI=1S/C10H10O5S/c1-5-2-3-16-9(5)6(4-7(11)12)8(13)10(14)15/h2-3,6H,4H2,1H3,(H,11,12)(H,14,15). The van der Waals surface area contributed by atoms with Gasteiger partial charge in [-0.05, 0) is 23.9 Å². The van der Waals surface area contributed by atoms with Crippen molar-refractivity contribution in [1.29, 1.82) is 0 Å². The Morgan fingerprint density at radius 2 is 2.00 bits per heavy atom. The van der Waals surface area contributed by atoms with Gasteiger partial charge in [0.1, 0.15) is 0 Å². The van der Waals surface area contributed by atoms with Gasteiger partial charge in [0, 0.05) is 4.88 Å². The Bertz CT molecular complexity index is 434. The molecule has 0 fully saturated rings. The zero-order valence-corrected chi connectivity index (χ0v) is 9.28. The summed E-state index contributed by atoms with van der Waals surface area (Å²) < 4.78 is 0. The van der Waals surface area contributed by atoms with Gasteiger partial charge in [-0.15, -0.1) is 11.3 Å². The Kier molecular flexibility index (Phi) is 3.78. The smallest absolute Gasteiger partial charge is 0.372 e. The number of rotatable bonds is 5. The monoisotopic (exact) mass is 242 g/mol. The maximum atomic E-state index is 11.4. The van der Waals surface area contributed by atoms with E-state index in [-0.39, 0.29) is 0 Å². The lowest BCUT2D eigenvalue weighted by Crippen LogP contribution is -2.23. The van der Waals surface area contributed by atoms with Crippen LogP contribution in [-0.2, 0) is 14.4 Å². The van der Waals surface area contributed by atoms with Crippen LogP contribution in [0, 0.1) is 6.92 Å². The van der Waals surface area contributed by atoms with Crippen LogP contribution in [0.25, 0.3) is 0 Å². The number of carbonyl (C=O) groups excluding carboxylic acids is 1. The number of carboxylic acid groups (broad SMARTS) is 2. The van der Waals surface area contributed by atoms with Crippen LogP contribution in [0.1, 0.15) is 22.8 Å². The number of Topliss-reactive ketones (excluding diaryl/α,β-unsaturated/α-hetero) is 1. The molecule has 5 nitrogen and oxygen atoms in total. The van der Waals surface area contributed by atoms with E-state index in [4.69, 9.17) is 10.2 Å². The van der Waals surface area contributed by atoms with Crippen molar-refractivity contribution in [3.05, 3.63) is 21.9 Å². The van der Waals surface area contributed by atoms with Gasteiger partial charge in [-0.25, -0.2) is 4.79 Å². The van der Waals surface area contributed by atoms with Gasteiger partial charge in [0.2, 0.25) is 5.78 Å². The van der Waals surface area contributed by atoms with Crippen molar-refractivity contribution in [2.75, 3.05) is 0 Å². The van der Waals surface area contributed by atoms with Gasteiger partial charge in [-0.1, -0.05) is 0 Å². The lowest BCUT2D eigenvalue weighted by Gasteiger charge is -2.10. The predicted molar refractivity (Wildman–Crippen MR) is 56.7 cm³/mol. The summed E-state index contributed by atoms with van der Waals surface area (Å²) in [5, 5.41) is 19.0. The Hall–Kier alpha value is -1.69. The van der Waals surface area contributed by atoms with Crippen LogP contribution in [0.15, 0.2) is 11.4 Å². The second kappa shape index (κ2) is 4.89. The van der Waals surface area contributed by atoms with Crippen LogP contribution in [0.5, 0.6) is 0 Å². The molecule has 1 aromatic heterocycles. The second-order valence-corrected chi connectivity index (χ2v) is 4.24. The van der Waals surface area contributed by atoms with Gasteiger partial charge in [0.25, 0.3) is 0 Å². The molecule has 2 N–H and O–H groups in total. The molecule has 1 unspecified atom stereocenters. The molecule has 6 heteroatoms. The van der Waals surface area contributed by atoms with Crippen LogP contribution in [-0.4, -0.2) is 27.9 Å². The van der Waals surface area contributed by atoms with Crippen molar-refractivity contribution >= 4 is 29.1 Å². The molecular weight excluding hydrogens is 232 g/mol. The molecule has 0 aliphatic carbocycles. The SMILES string of the molecule is Cc1ccsc1C(CC(=O)O)C(=O)C(=O)O. The van der Waals surface area contributed by atoms with Crippen molar-refractivity contribution in [2.24, 2.45) is 0 Å². The molecule has 0 radical (unpaired) electrons. The summed E-state index contributed by atoms with van der Waals surface area (Å²) in [5.41, 5.74) is 0.742. The van der Waals surface area contributed by atoms with Gasteiger partial charge in [-0.2, -0.15) is 0 Å². The molecule has 0 aromatic carbocycles. The molecule has 1 rings (SSSR count). The fourth-order valence-corrected chi connectivity index (χ4v) is 2.40. The molecule has 0 spiro atoms. The highest BCUT2D eigenvalue weighted by Gasteiger charge is 2.30. The molecule has 16 heavy (non-hydrogen) atoms. The minimum Gasteiger partial charge on any atom is -0.481 e. The normalized spacial score (nSPS) is 12.1. The first-order valence-electron chi connectivity index (χ1n) is 4.46. The second-order valence-electron chi connectivity index (χ2n) is 3.29. The molecule has 0 amide bonds. The lowest BCUT2D eigenvalue weighted by atomic mass is 9.96. The number of ketones is 1. The van der Waals surface area contributed by atoms with Gasteiger partial charge in [-0.3, -0.25) is 9.59 Å². The first-order valence-corrected chi connectivity index (χ1v) is 5.34. The summed E-state index contributed by atoms with van der Waals surface area (Å²) in [6, 6.07) is 1.73. The van der Waals surface area contributed by atoms with E-state index in [1.54, 1.807) is 18.4 Å². The zero-order chi connectivity index (χ0) is 12.3. The minimum absolute atomic E-state index is 0.494. The van der Waals surface area contributed by atoms with E-state index in [9.17, 15) is 14.4 Å². The molecular formula is C10H10O5S. The number of thiophene rings is 1. The topological polar surface area (TPSA) is 91.7 Å². The first kappa shape index (κ1) is 12.4. The summed E-state index contributed by atoms with van der Waals surface area (Å²) >= 11 is 1.20. The van der Waals surface area contributed by atoms with Gasteiger partial charge in [0.15, 0.2) is 0 Å². The number of aryl methyl sites for hydroxylation is 1. The number of hydrogen-bond donors (Lipinski definition) is 2. The Morgan fingerprint density at radius 1 is 1.38 bits per heavy atom. The van der Waals surface area contributed by atoms with Crippen LogP contribution in [0.2, 0.25) is 0 Å². The summed E-state index contributed by atoms with van der Waals surface area (Å²) in [6.45, 7) is 1.72. The number of carbonyl (C=O) groups is 3. The van der Waals surface area contributed by atoms with E-state index in [1.165, 1.54) is 11.3 Å². The number of carboxylic acids is 2. The molecule has 1 heterocycles. The third-order valence-electron chi connectivity index (χ3n) is 2.12. The van der Waals surface area contributed by atoms with E-state index in [0.29, 0.717) is 4.88 Å². The maximum Gasteiger partial charge on any atom is 0.372 e. The molecule has 0 aliphatic rings. The van der Waals surface area contributed by atoms with Crippen LogP contribution >= 0.6 is 11.3 Å². The lowest BCUT2D eigenvalue weighted by molar-refractivity contribution is -0.150. The van der Waals surface area contributed by atoms with Crippen LogP contribution in [0.3, 0.4) is 0 Å². The Morgan fingerprint density at radius 3 is 2.38 bits per heavy atom. The van der Waals surface area contributed by atoms with E-state index < -0.39 is 30.1 Å². The van der Waals surface area contributed by atoms with E-state index >= 15 is 0 Å². The minimum atomic E-state index is -1.60. The van der Waals surface area contributed by atoms with Gasteiger partial charge in [0.05, 0.1) is 12.3 Å². The molecule has 1 aromatic rings.